The summed E-state index contributed by atoms with van der Waals surface area (Å²) in [4.78, 5) is 21.1. The minimum absolute atomic E-state index is 0.241. The number of nitrogens with zero attached hydrogens (tertiary/aromatic N) is 3. The molecule has 0 unspecified atom stereocenters. The van der Waals surface area contributed by atoms with E-state index in [-0.39, 0.29) is 11.6 Å². The summed E-state index contributed by atoms with van der Waals surface area (Å²) in [5.74, 6) is 1.89. The van der Waals surface area contributed by atoms with Gasteiger partial charge in [0.25, 0.3) is 0 Å². The van der Waals surface area contributed by atoms with Crippen LogP contribution in [0.25, 0.3) is 0 Å². The summed E-state index contributed by atoms with van der Waals surface area (Å²) in [5.41, 5.74) is 3.92. The van der Waals surface area contributed by atoms with Gasteiger partial charge in [0.15, 0.2) is 0 Å². The second-order valence-corrected chi connectivity index (χ2v) is 8.25. The number of benzene rings is 1. The molecule has 5 N–H and O–H groups in total. The van der Waals surface area contributed by atoms with Crippen molar-refractivity contribution in [1.29, 1.82) is 0 Å². The molecule has 0 spiro atoms. The fourth-order valence-corrected chi connectivity index (χ4v) is 2.82. The third-order valence-corrected chi connectivity index (χ3v) is 4.04. The van der Waals surface area contributed by atoms with Crippen molar-refractivity contribution >= 4 is 35.0 Å². The predicted octanol–water partition coefficient (Wildman–Crippen LogP) is 4.53. The van der Waals surface area contributed by atoms with E-state index in [1.807, 2.05) is 71.9 Å². The summed E-state index contributed by atoms with van der Waals surface area (Å²) in [6.07, 6.45) is 0. The zero-order valence-electron chi connectivity index (χ0n) is 18.1. The Morgan fingerprint density at radius 3 is 2.37 bits per heavy atom. The number of urea groups is 1. The lowest BCUT2D eigenvalue weighted by Gasteiger charge is -2.21. The molecule has 0 bridgehead atoms. The van der Waals surface area contributed by atoms with Crippen molar-refractivity contribution in [3.8, 4) is 0 Å². The molecule has 0 aliphatic rings. The maximum Gasteiger partial charge on any atom is 0.319 e. The molecule has 0 radical (unpaired) electrons. The lowest BCUT2D eigenvalue weighted by molar-refractivity contribution is 0.244. The summed E-state index contributed by atoms with van der Waals surface area (Å²) in [6, 6.07) is 9.13. The Balaban J connectivity index is 1.72. The second kappa shape index (κ2) is 8.40. The number of aryl methyl sites for hydroxylation is 3. The SMILES string of the molecule is Cc1cc(Nc2cc(C)nc(Nc3ccc(NC(=O)NC(C)(C)C)cc3C)n2)[nH]n1. The summed E-state index contributed by atoms with van der Waals surface area (Å²) in [5, 5.41) is 19.2. The molecular formula is C21H28N8O. The molecule has 2 aromatic heterocycles. The maximum absolute atomic E-state index is 12.1. The van der Waals surface area contributed by atoms with Crippen LogP contribution in [0.5, 0.6) is 0 Å². The minimum atomic E-state index is -0.302. The number of aromatic amines is 1. The first-order chi connectivity index (χ1) is 14.1. The highest BCUT2D eigenvalue weighted by atomic mass is 16.2. The monoisotopic (exact) mass is 408 g/mol. The number of aromatic nitrogens is 4. The molecule has 0 saturated heterocycles. The van der Waals surface area contributed by atoms with Crippen molar-refractivity contribution in [2.24, 2.45) is 0 Å². The van der Waals surface area contributed by atoms with Crippen LogP contribution in [0, 0.1) is 20.8 Å². The zero-order valence-corrected chi connectivity index (χ0v) is 18.1. The van der Waals surface area contributed by atoms with Crippen molar-refractivity contribution < 1.29 is 4.79 Å². The molecule has 9 heteroatoms. The number of H-pyrrole nitrogens is 1. The number of hydrogen-bond acceptors (Lipinski definition) is 6. The molecule has 3 rings (SSSR count). The highest BCUT2D eigenvalue weighted by molar-refractivity contribution is 5.90. The first-order valence-corrected chi connectivity index (χ1v) is 9.69. The topological polar surface area (TPSA) is 120 Å². The van der Waals surface area contributed by atoms with E-state index >= 15 is 0 Å². The Morgan fingerprint density at radius 2 is 1.73 bits per heavy atom. The Hall–Kier alpha value is -3.62. The van der Waals surface area contributed by atoms with Crippen LogP contribution in [0.1, 0.15) is 37.7 Å². The van der Waals surface area contributed by atoms with Gasteiger partial charge in [-0.25, -0.2) is 9.78 Å². The number of anilines is 5. The molecule has 0 atom stereocenters. The molecule has 3 aromatic rings. The molecule has 30 heavy (non-hydrogen) atoms. The summed E-state index contributed by atoms with van der Waals surface area (Å²) >= 11 is 0. The number of carbonyl (C=O) groups is 1. The lowest BCUT2D eigenvalue weighted by atomic mass is 10.1. The lowest BCUT2D eigenvalue weighted by Crippen LogP contribution is -2.43. The molecule has 2 amide bonds. The van der Waals surface area contributed by atoms with Crippen molar-refractivity contribution in [1.82, 2.24) is 25.5 Å². The van der Waals surface area contributed by atoms with Gasteiger partial charge in [-0.2, -0.15) is 10.1 Å². The molecule has 0 saturated carbocycles. The van der Waals surface area contributed by atoms with Gasteiger partial charge in [0.1, 0.15) is 11.6 Å². The van der Waals surface area contributed by atoms with Gasteiger partial charge in [-0.15, -0.1) is 0 Å². The number of nitrogens with one attached hydrogen (secondary N) is 5. The average molecular weight is 409 g/mol. The fraction of sp³-hybridized carbons (Fsp3) is 0.333. The van der Waals surface area contributed by atoms with Crippen LogP contribution in [0.3, 0.4) is 0 Å². The number of rotatable bonds is 5. The second-order valence-electron chi connectivity index (χ2n) is 8.25. The number of carbonyl (C=O) groups excluding carboxylic acids is 1. The van der Waals surface area contributed by atoms with Crippen LogP contribution < -0.4 is 21.3 Å². The van der Waals surface area contributed by atoms with Crippen LogP contribution in [0.4, 0.5) is 33.8 Å². The fourth-order valence-electron chi connectivity index (χ4n) is 2.82. The van der Waals surface area contributed by atoms with Crippen LogP contribution in [0.2, 0.25) is 0 Å². The molecule has 2 heterocycles. The van der Waals surface area contributed by atoms with Crippen molar-refractivity contribution in [3.05, 3.63) is 47.3 Å². The van der Waals surface area contributed by atoms with Crippen LogP contribution >= 0.6 is 0 Å². The van der Waals surface area contributed by atoms with E-state index in [9.17, 15) is 4.79 Å². The van der Waals surface area contributed by atoms with Gasteiger partial charge >= 0.3 is 6.03 Å². The molecule has 1 aromatic carbocycles. The quantitative estimate of drug-likeness (QED) is 0.423. The van der Waals surface area contributed by atoms with Gasteiger partial charge in [-0.3, -0.25) is 5.10 Å². The molecule has 0 fully saturated rings. The van der Waals surface area contributed by atoms with Crippen LogP contribution in [-0.2, 0) is 0 Å². The van der Waals surface area contributed by atoms with E-state index in [1.165, 1.54) is 0 Å². The first-order valence-electron chi connectivity index (χ1n) is 9.69. The Kier molecular flexibility index (Phi) is 5.91. The van der Waals surface area contributed by atoms with E-state index in [1.54, 1.807) is 0 Å². The summed E-state index contributed by atoms with van der Waals surface area (Å²) in [6.45, 7) is 11.6. The van der Waals surface area contributed by atoms with Gasteiger partial charge in [0.2, 0.25) is 5.95 Å². The number of hydrogen-bond donors (Lipinski definition) is 5. The van der Waals surface area contributed by atoms with Crippen LogP contribution in [0.15, 0.2) is 30.3 Å². The third kappa shape index (κ3) is 5.94. The normalized spacial score (nSPS) is 11.1. The molecule has 0 aliphatic heterocycles. The minimum Gasteiger partial charge on any atom is -0.333 e. The standard InChI is InChI=1S/C21H28N8O/c1-12-9-15(23-20(30)27-21(4,5)6)7-8-16(12)24-19-22-13(2)10-17(26-19)25-18-11-14(3)28-29-18/h7-11H,1-6H3,(H2,23,27,30)(H3,22,24,25,26,28,29). The van der Waals surface area contributed by atoms with Crippen molar-refractivity contribution in [2.45, 2.75) is 47.1 Å². The number of amides is 2. The molecular weight excluding hydrogens is 380 g/mol. The Morgan fingerprint density at radius 1 is 0.967 bits per heavy atom. The van der Waals surface area contributed by atoms with E-state index < -0.39 is 0 Å². The predicted molar refractivity (Wildman–Crippen MR) is 120 cm³/mol. The van der Waals surface area contributed by atoms with Gasteiger partial charge in [-0.1, -0.05) is 0 Å². The largest absolute Gasteiger partial charge is 0.333 e. The first kappa shape index (κ1) is 21.1. The zero-order chi connectivity index (χ0) is 21.9. The van der Waals surface area contributed by atoms with Gasteiger partial charge in [0, 0.05) is 34.7 Å². The van der Waals surface area contributed by atoms with Crippen LogP contribution in [-0.4, -0.2) is 31.7 Å². The van der Waals surface area contributed by atoms with E-state index in [4.69, 9.17) is 0 Å². The van der Waals surface area contributed by atoms with Gasteiger partial charge in [0.05, 0.1) is 5.69 Å². The van der Waals surface area contributed by atoms with Gasteiger partial charge in [-0.05, 0) is 65.3 Å². The molecule has 0 aliphatic carbocycles. The third-order valence-electron chi connectivity index (χ3n) is 4.04. The highest BCUT2D eigenvalue weighted by Crippen LogP contribution is 2.24. The van der Waals surface area contributed by atoms with Crippen molar-refractivity contribution in [3.63, 3.8) is 0 Å². The van der Waals surface area contributed by atoms with E-state index in [0.29, 0.717) is 17.5 Å². The molecule has 158 valence electrons. The molecule has 9 nitrogen and oxygen atoms in total. The summed E-state index contributed by atoms with van der Waals surface area (Å²) < 4.78 is 0. The smallest absolute Gasteiger partial charge is 0.319 e. The van der Waals surface area contributed by atoms with Crippen molar-refractivity contribution in [2.75, 3.05) is 16.0 Å². The van der Waals surface area contributed by atoms with Gasteiger partial charge < -0.3 is 21.3 Å². The summed E-state index contributed by atoms with van der Waals surface area (Å²) in [7, 11) is 0. The van der Waals surface area contributed by atoms with E-state index in [0.717, 1.165) is 28.5 Å². The van der Waals surface area contributed by atoms with E-state index in [2.05, 4.69) is 41.4 Å². The maximum atomic E-state index is 12.1. The highest BCUT2D eigenvalue weighted by Gasteiger charge is 2.14. The Bertz CT molecular complexity index is 1050. The Labute approximate surface area is 176 Å². The average Bonchev–Trinajstić information content (AvgIpc) is 3.00.